The van der Waals surface area contributed by atoms with Gasteiger partial charge in [-0.05, 0) is 19.4 Å². The molecule has 2 aromatic rings. The van der Waals surface area contributed by atoms with Crippen molar-refractivity contribution in [2.45, 2.75) is 13.8 Å². The van der Waals surface area contributed by atoms with E-state index < -0.39 is 5.69 Å². The Kier molecular flexibility index (Phi) is 1.42. The minimum Gasteiger partial charge on any atom is -0.345 e. The minimum absolute atomic E-state index is 0.347. The number of aromatic amines is 3. The first-order chi connectivity index (χ1) is 6.09. The quantitative estimate of drug-likeness (QED) is 0.538. The SMILES string of the molecule is Cc1[nH]c2[nH]c(=O)[nH]c(=O)c2c1C. The third-order valence-electron chi connectivity index (χ3n) is 2.19. The summed E-state index contributed by atoms with van der Waals surface area (Å²) in [6.07, 6.45) is 0. The first kappa shape index (κ1) is 7.85. The third-order valence-corrected chi connectivity index (χ3v) is 2.19. The number of rotatable bonds is 0. The molecule has 0 aliphatic carbocycles. The van der Waals surface area contributed by atoms with Gasteiger partial charge in [0, 0.05) is 5.69 Å². The van der Waals surface area contributed by atoms with E-state index in [1.807, 2.05) is 13.8 Å². The van der Waals surface area contributed by atoms with Crippen molar-refractivity contribution in [3.63, 3.8) is 0 Å². The van der Waals surface area contributed by atoms with Crippen LogP contribution in [-0.4, -0.2) is 15.0 Å². The smallest absolute Gasteiger partial charge is 0.327 e. The van der Waals surface area contributed by atoms with E-state index in [4.69, 9.17) is 0 Å². The number of hydrogen-bond acceptors (Lipinski definition) is 2. The second-order valence-electron chi connectivity index (χ2n) is 3.03. The monoisotopic (exact) mass is 179 g/mol. The van der Waals surface area contributed by atoms with Gasteiger partial charge in [-0.25, -0.2) is 4.79 Å². The Balaban J connectivity index is 3.12. The van der Waals surface area contributed by atoms with Crippen molar-refractivity contribution in [1.82, 2.24) is 15.0 Å². The topological polar surface area (TPSA) is 81.5 Å². The maximum atomic E-state index is 11.3. The number of H-pyrrole nitrogens is 3. The summed E-state index contributed by atoms with van der Waals surface area (Å²) < 4.78 is 0. The third kappa shape index (κ3) is 1.00. The molecule has 0 atom stereocenters. The molecule has 2 heterocycles. The van der Waals surface area contributed by atoms with Gasteiger partial charge in [-0.3, -0.25) is 14.8 Å². The van der Waals surface area contributed by atoms with Gasteiger partial charge in [0.15, 0.2) is 0 Å². The van der Waals surface area contributed by atoms with Crippen molar-refractivity contribution in [2.75, 3.05) is 0 Å². The summed E-state index contributed by atoms with van der Waals surface area (Å²) in [4.78, 5) is 29.9. The molecule has 3 N–H and O–H groups in total. The number of hydrogen-bond donors (Lipinski definition) is 3. The van der Waals surface area contributed by atoms with Gasteiger partial charge in [-0.15, -0.1) is 0 Å². The van der Waals surface area contributed by atoms with Crippen molar-refractivity contribution in [3.05, 3.63) is 32.1 Å². The zero-order valence-corrected chi connectivity index (χ0v) is 7.32. The van der Waals surface area contributed by atoms with Gasteiger partial charge in [-0.1, -0.05) is 0 Å². The van der Waals surface area contributed by atoms with Crippen LogP contribution in [0.15, 0.2) is 9.59 Å². The molecule has 0 fully saturated rings. The van der Waals surface area contributed by atoms with E-state index >= 15 is 0 Å². The first-order valence-corrected chi connectivity index (χ1v) is 3.91. The van der Waals surface area contributed by atoms with E-state index in [0.717, 1.165) is 11.3 Å². The van der Waals surface area contributed by atoms with Gasteiger partial charge in [0.2, 0.25) is 0 Å². The van der Waals surface area contributed by atoms with Gasteiger partial charge < -0.3 is 4.98 Å². The standard InChI is InChI=1S/C8H9N3O2/c1-3-4(2)9-6-5(3)7(12)11-8(13)10-6/h1-2H3,(H3,9,10,11,12,13). The highest BCUT2D eigenvalue weighted by molar-refractivity contribution is 5.79. The van der Waals surface area contributed by atoms with E-state index in [-0.39, 0.29) is 5.56 Å². The van der Waals surface area contributed by atoms with E-state index in [1.54, 1.807) is 0 Å². The molecule has 0 unspecified atom stereocenters. The van der Waals surface area contributed by atoms with E-state index in [2.05, 4.69) is 15.0 Å². The molecular formula is C8H9N3O2. The Morgan fingerprint density at radius 1 is 1.00 bits per heavy atom. The molecular weight excluding hydrogens is 170 g/mol. The van der Waals surface area contributed by atoms with Crippen LogP contribution in [0.3, 0.4) is 0 Å². The summed E-state index contributed by atoms with van der Waals surface area (Å²) in [5, 5.41) is 0.525. The summed E-state index contributed by atoms with van der Waals surface area (Å²) in [5.74, 6) is 0. The first-order valence-electron chi connectivity index (χ1n) is 3.91. The van der Waals surface area contributed by atoms with Gasteiger partial charge in [0.25, 0.3) is 5.56 Å². The lowest BCUT2D eigenvalue weighted by Crippen LogP contribution is -2.21. The van der Waals surface area contributed by atoms with Crippen molar-refractivity contribution in [1.29, 1.82) is 0 Å². The van der Waals surface area contributed by atoms with Crippen LogP contribution in [-0.2, 0) is 0 Å². The summed E-state index contributed by atoms with van der Waals surface area (Å²) in [7, 11) is 0. The average molecular weight is 179 g/mol. The Hall–Kier alpha value is -1.78. The van der Waals surface area contributed by atoms with Crippen molar-refractivity contribution in [2.24, 2.45) is 0 Å². The zero-order chi connectivity index (χ0) is 9.59. The fourth-order valence-electron chi connectivity index (χ4n) is 1.41. The molecule has 0 saturated heterocycles. The predicted molar refractivity (Wildman–Crippen MR) is 49.0 cm³/mol. The lowest BCUT2D eigenvalue weighted by atomic mass is 10.2. The van der Waals surface area contributed by atoms with Crippen LogP contribution < -0.4 is 11.2 Å². The molecule has 5 nitrogen and oxygen atoms in total. The number of nitrogens with one attached hydrogen (secondary N) is 3. The van der Waals surface area contributed by atoms with Crippen molar-refractivity contribution < 1.29 is 0 Å². The van der Waals surface area contributed by atoms with Gasteiger partial charge >= 0.3 is 5.69 Å². The highest BCUT2D eigenvalue weighted by atomic mass is 16.2. The Labute approximate surface area is 72.8 Å². The predicted octanol–water partition coefficient (Wildman–Crippen LogP) is 0.161. The summed E-state index contributed by atoms with van der Waals surface area (Å²) >= 11 is 0. The van der Waals surface area contributed by atoms with Crippen molar-refractivity contribution in [3.8, 4) is 0 Å². The maximum absolute atomic E-state index is 11.3. The largest absolute Gasteiger partial charge is 0.345 e. The highest BCUT2D eigenvalue weighted by Gasteiger charge is 2.08. The summed E-state index contributed by atoms with van der Waals surface area (Å²) in [6.45, 7) is 3.69. The Bertz CT molecular complexity index is 573. The van der Waals surface area contributed by atoms with Gasteiger partial charge in [0.1, 0.15) is 5.65 Å². The molecule has 0 aromatic carbocycles. The molecule has 2 rings (SSSR count). The molecule has 68 valence electrons. The Morgan fingerprint density at radius 3 is 2.38 bits per heavy atom. The molecule has 0 radical (unpaired) electrons. The second-order valence-corrected chi connectivity index (χ2v) is 3.03. The Morgan fingerprint density at radius 2 is 1.69 bits per heavy atom. The highest BCUT2D eigenvalue weighted by Crippen LogP contribution is 2.13. The summed E-state index contributed by atoms with van der Waals surface area (Å²) in [5.41, 5.74) is 1.41. The molecule has 0 saturated carbocycles. The van der Waals surface area contributed by atoms with Crippen LogP contribution in [0.4, 0.5) is 0 Å². The molecule has 0 spiro atoms. The van der Waals surface area contributed by atoms with Crippen LogP contribution in [0.25, 0.3) is 11.0 Å². The molecule has 0 aliphatic rings. The van der Waals surface area contributed by atoms with E-state index in [1.165, 1.54) is 0 Å². The second kappa shape index (κ2) is 2.35. The van der Waals surface area contributed by atoms with Crippen LogP contribution in [0, 0.1) is 13.8 Å². The van der Waals surface area contributed by atoms with Gasteiger partial charge in [-0.2, -0.15) is 0 Å². The average Bonchev–Trinajstić information content (AvgIpc) is 2.27. The van der Waals surface area contributed by atoms with E-state index in [0.29, 0.717) is 11.0 Å². The minimum atomic E-state index is -0.487. The number of aromatic nitrogens is 3. The summed E-state index contributed by atoms with van der Waals surface area (Å²) in [6, 6.07) is 0. The van der Waals surface area contributed by atoms with Crippen LogP contribution in [0.1, 0.15) is 11.3 Å². The fraction of sp³-hybridized carbons (Fsp3) is 0.250. The van der Waals surface area contributed by atoms with E-state index in [9.17, 15) is 9.59 Å². The molecule has 0 aliphatic heterocycles. The molecule has 13 heavy (non-hydrogen) atoms. The maximum Gasteiger partial charge on any atom is 0.327 e. The molecule has 0 amide bonds. The van der Waals surface area contributed by atoms with Crippen LogP contribution in [0.2, 0.25) is 0 Å². The van der Waals surface area contributed by atoms with Gasteiger partial charge in [0.05, 0.1) is 5.39 Å². The molecule has 5 heteroatoms. The fourth-order valence-corrected chi connectivity index (χ4v) is 1.41. The van der Waals surface area contributed by atoms with Crippen LogP contribution >= 0.6 is 0 Å². The normalized spacial score (nSPS) is 10.9. The molecule has 0 bridgehead atoms. The molecule has 2 aromatic heterocycles. The lowest BCUT2D eigenvalue weighted by molar-refractivity contribution is 1.07. The zero-order valence-electron chi connectivity index (χ0n) is 7.32. The number of fused-ring (bicyclic) bond motifs is 1. The lowest BCUT2D eigenvalue weighted by Gasteiger charge is -1.88. The van der Waals surface area contributed by atoms with Crippen molar-refractivity contribution >= 4 is 11.0 Å². The number of aryl methyl sites for hydroxylation is 2. The van der Waals surface area contributed by atoms with Crippen LogP contribution in [0.5, 0.6) is 0 Å².